The maximum atomic E-state index is 13.7. The highest BCUT2D eigenvalue weighted by Gasteiger charge is 2.12. The normalized spacial score (nSPS) is 10.5. The molecule has 1 heterocycles. The van der Waals surface area contributed by atoms with Crippen LogP contribution in [0.1, 0.15) is 16.1 Å². The van der Waals surface area contributed by atoms with Crippen molar-refractivity contribution in [2.75, 3.05) is 5.32 Å². The molecule has 1 aromatic heterocycles. The van der Waals surface area contributed by atoms with Crippen LogP contribution >= 0.6 is 27.3 Å². The SMILES string of the molecule is Cc1nc(NC(=O)Cc2cccc(Br)c2F)sc1C. The van der Waals surface area contributed by atoms with E-state index in [1.165, 1.54) is 11.3 Å². The molecule has 1 aromatic carbocycles. The van der Waals surface area contributed by atoms with Gasteiger partial charge in [0.05, 0.1) is 16.6 Å². The summed E-state index contributed by atoms with van der Waals surface area (Å²) in [5.74, 6) is -0.671. The molecule has 0 aliphatic rings. The molecule has 2 rings (SSSR count). The van der Waals surface area contributed by atoms with Gasteiger partial charge in [-0.1, -0.05) is 12.1 Å². The van der Waals surface area contributed by atoms with Gasteiger partial charge in [0.2, 0.25) is 5.91 Å². The first-order valence-electron chi connectivity index (χ1n) is 5.64. The molecule has 0 bridgehead atoms. The lowest BCUT2D eigenvalue weighted by Crippen LogP contribution is -2.15. The van der Waals surface area contributed by atoms with E-state index in [1.54, 1.807) is 18.2 Å². The molecule has 0 saturated heterocycles. The Kier molecular flexibility index (Phi) is 4.31. The number of benzene rings is 1. The molecule has 19 heavy (non-hydrogen) atoms. The summed E-state index contributed by atoms with van der Waals surface area (Å²) in [5, 5.41) is 3.24. The summed E-state index contributed by atoms with van der Waals surface area (Å²) in [6, 6.07) is 4.90. The first-order chi connectivity index (χ1) is 8.97. The zero-order valence-corrected chi connectivity index (χ0v) is 12.9. The van der Waals surface area contributed by atoms with Crippen LogP contribution in [0.4, 0.5) is 9.52 Å². The number of hydrogen-bond donors (Lipinski definition) is 1. The second kappa shape index (κ2) is 5.79. The molecular weight excluding hydrogens is 331 g/mol. The number of aryl methyl sites for hydroxylation is 2. The minimum absolute atomic E-state index is 0.0110. The molecule has 0 unspecified atom stereocenters. The maximum Gasteiger partial charge on any atom is 0.230 e. The molecule has 0 aliphatic carbocycles. The smallest absolute Gasteiger partial charge is 0.230 e. The number of halogens is 2. The molecule has 0 saturated carbocycles. The van der Waals surface area contributed by atoms with Gasteiger partial charge in [-0.15, -0.1) is 11.3 Å². The highest BCUT2D eigenvalue weighted by Crippen LogP contribution is 2.22. The summed E-state index contributed by atoms with van der Waals surface area (Å²) in [7, 11) is 0. The van der Waals surface area contributed by atoms with Crippen molar-refractivity contribution >= 4 is 38.3 Å². The summed E-state index contributed by atoms with van der Waals surface area (Å²) in [5.41, 5.74) is 1.26. The molecule has 1 N–H and O–H groups in total. The van der Waals surface area contributed by atoms with Crippen LogP contribution in [0.5, 0.6) is 0 Å². The Balaban J connectivity index is 2.07. The average Bonchev–Trinajstić information content (AvgIpc) is 2.64. The van der Waals surface area contributed by atoms with Crippen molar-refractivity contribution in [2.45, 2.75) is 20.3 Å². The fourth-order valence-electron chi connectivity index (χ4n) is 1.55. The van der Waals surface area contributed by atoms with E-state index in [0.717, 1.165) is 10.6 Å². The zero-order valence-electron chi connectivity index (χ0n) is 10.5. The van der Waals surface area contributed by atoms with Crippen molar-refractivity contribution in [3.05, 3.63) is 44.6 Å². The highest BCUT2D eigenvalue weighted by atomic mass is 79.9. The first-order valence-corrected chi connectivity index (χ1v) is 7.25. The number of carbonyl (C=O) groups excluding carboxylic acids is 1. The first kappa shape index (κ1) is 14.1. The molecule has 6 heteroatoms. The van der Waals surface area contributed by atoms with Crippen LogP contribution in [0.3, 0.4) is 0 Å². The van der Waals surface area contributed by atoms with Gasteiger partial charge in [-0.2, -0.15) is 0 Å². The van der Waals surface area contributed by atoms with E-state index in [4.69, 9.17) is 0 Å². The number of nitrogens with one attached hydrogen (secondary N) is 1. The van der Waals surface area contributed by atoms with Gasteiger partial charge in [0, 0.05) is 4.88 Å². The van der Waals surface area contributed by atoms with Gasteiger partial charge in [0.15, 0.2) is 5.13 Å². The number of nitrogens with zero attached hydrogens (tertiary/aromatic N) is 1. The fourth-order valence-corrected chi connectivity index (χ4v) is 2.79. The number of hydrogen-bond acceptors (Lipinski definition) is 3. The second-order valence-electron chi connectivity index (χ2n) is 4.10. The Bertz CT molecular complexity index is 608. The monoisotopic (exact) mass is 342 g/mol. The minimum atomic E-state index is -0.399. The van der Waals surface area contributed by atoms with Crippen LogP contribution in [-0.4, -0.2) is 10.9 Å². The topological polar surface area (TPSA) is 42.0 Å². The molecule has 0 spiro atoms. The molecular formula is C13H12BrFN2OS. The second-order valence-corrected chi connectivity index (χ2v) is 6.16. The maximum absolute atomic E-state index is 13.7. The lowest BCUT2D eigenvalue weighted by Gasteiger charge is -2.04. The minimum Gasteiger partial charge on any atom is -0.302 e. The van der Waals surface area contributed by atoms with Crippen molar-refractivity contribution in [3.63, 3.8) is 0 Å². The number of anilines is 1. The van der Waals surface area contributed by atoms with E-state index in [9.17, 15) is 9.18 Å². The summed E-state index contributed by atoms with van der Waals surface area (Å²) in [6.07, 6.45) is -0.0110. The van der Waals surface area contributed by atoms with Crippen molar-refractivity contribution < 1.29 is 9.18 Å². The van der Waals surface area contributed by atoms with Crippen molar-refractivity contribution in [3.8, 4) is 0 Å². The van der Waals surface area contributed by atoms with E-state index in [0.29, 0.717) is 15.2 Å². The third-order valence-corrected chi connectivity index (χ3v) is 4.26. The Morgan fingerprint density at radius 3 is 2.84 bits per heavy atom. The Morgan fingerprint density at radius 1 is 1.47 bits per heavy atom. The Labute approximate surface area is 123 Å². The van der Waals surface area contributed by atoms with Gasteiger partial charge in [-0.05, 0) is 41.4 Å². The standard InChI is InChI=1S/C13H12BrFN2OS/c1-7-8(2)19-13(16-7)17-11(18)6-9-4-3-5-10(14)12(9)15/h3-5H,6H2,1-2H3,(H,16,17,18). The molecule has 3 nitrogen and oxygen atoms in total. The number of amides is 1. The molecule has 0 radical (unpaired) electrons. The lowest BCUT2D eigenvalue weighted by atomic mass is 10.1. The van der Waals surface area contributed by atoms with E-state index in [1.807, 2.05) is 13.8 Å². The van der Waals surface area contributed by atoms with Gasteiger partial charge in [0.1, 0.15) is 5.82 Å². The number of rotatable bonds is 3. The average molecular weight is 343 g/mol. The summed E-state index contributed by atoms with van der Waals surface area (Å²) < 4.78 is 14.1. The lowest BCUT2D eigenvalue weighted by molar-refractivity contribution is -0.115. The summed E-state index contributed by atoms with van der Waals surface area (Å²) in [4.78, 5) is 17.1. The van der Waals surface area contributed by atoms with Crippen LogP contribution < -0.4 is 5.32 Å². The van der Waals surface area contributed by atoms with Gasteiger partial charge >= 0.3 is 0 Å². The third-order valence-electron chi connectivity index (χ3n) is 2.66. The van der Waals surface area contributed by atoms with Gasteiger partial charge in [-0.3, -0.25) is 4.79 Å². The predicted molar refractivity (Wildman–Crippen MR) is 78.0 cm³/mol. The van der Waals surface area contributed by atoms with Crippen LogP contribution in [0.25, 0.3) is 0 Å². The number of thiazole rings is 1. The number of carbonyl (C=O) groups is 1. The molecule has 2 aromatic rings. The summed E-state index contributed by atoms with van der Waals surface area (Å²) >= 11 is 4.51. The largest absolute Gasteiger partial charge is 0.302 e. The van der Waals surface area contributed by atoms with E-state index in [-0.39, 0.29) is 12.3 Å². The van der Waals surface area contributed by atoms with E-state index >= 15 is 0 Å². The highest BCUT2D eigenvalue weighted by molar-refractivity contribution is 9.10. The third kappa shape index (κ3) is 3.39. The van der Waals surface area contributed by atoms with Crippen LogP contribution in [0, 0.1) is 19.7 Å². The number of aromatic nitrogens is 1. The zero-order chi connectivity index (χ0) is 14.0. The molecule has 0 fully saturated rings. The summed E-state index contributed by atoms with van der Waals surface area (Å²) in [6.45, 7) is 3.83. The van der Waals surface area contributed by atoms with Crippen molar-refractivity contribution in [1.82, 2.24) is 4.98 Å². The van der Waals surface area contributed by atoms with Gasteiger partial charge < -0.3 is 5.32 Å². The van der Waals surface area contributed by atoms with Crippen LogP contribution in [0.2, 0.25) is 0 Å². The molecule has 0 aliphatic heterocycles. The van der Waals surface area contributed by atoms with Crippen LogP contribution in [-0.2, 0) is 11.2 Å². The van der Waals surface area contributed by atoms with Crippen LogP contribution in [0.15, 0.2) is 22.7 Å². The quantitative estimate of drug-likeness (QED) is 0.920. The molecule has 0 atom stereocenters. The molecule has 1 amide bonds. The predicted octanol–water partition coefficient (Wildman–Crippen LogP) is 3.84. The van der Waals surface area contributed by atoms with E-state index in [2.05, 4.69) is 26.2 Å². The van der Waals surface area contributed by atoms with E-state index < -0.39 is 5.82 Å². The van der Waals surface area contributed by atoms with Crippen molar-refractivity contribution in [1.29, 1.82) is 0 Å². The van der Waals surface area contributed by atoms with Crippen molar-refractivity contribution in [2.24, 2.45) is 0 Å². The van der Waals surface area contributed by atoms with Gasteiger partial charge in [-0.25, -0.2) is 9.37 Å². The fraction of sp³-hybridized carbons (Fsp3) is 0.231. The Morgan fingerprint density at radius 2 is 2.21 bits per heavy atom. The van der Waals surface area contributed by atoms with Gasteiger partial charge in [0.25, 0.3) is 0 Å². The molecule has 100 valence electrons. The Hall–Kier alpha value is -1.27.